The fourth-order valence-corrected chi connectivity index (χ4v) is 4.79. The van der Waals surface area contributed by atoms with Crippen LogP contribution in [0.5, 0.6) is 0 Å². The van der Waals surface area contributed by atoms with Crippen molar-refractivity contribution in [1.29, 1.82) is 0 Å². The Bertz CT molecular complexity index is 1620. The number of hydrogen-bond acceptors (Lipinski definition) is 4. The summed E-state index contributed by atoms with van der Waals surface area (Å²) in [5, 5.41) is 0.358. The van der Waals surface area contributed by atoms with Crippen molar-refractivity contribution in [1.82, 2.24) is 14.3 Å². The van der Waals surface area contributed by atoms with E-state index in [9.17, 15) is 18.0 Å². The molecule has 0 unspecified atom stereocenters. The third-order valence-corrected chi connectivity index (χ3v) is 7.98. The van der Waals surface area contributed by atoms with Crippen LogP contribution in [0.25, 0.3) is 22.0 Å². The van der Waals surface area contributed by atoms with Gasteiger partial charge in [0, 0.05) is 39.3 Å². The van der Waals surface area contributed by atoms with E-state index in [0.717, 1.165) is 11.1 Å². The van der Waals surface area contributed by atoms with Gasteiger partial charge in [-0.3, -0.25) is 9.59 Å². The van der Waals surface area contributed by atoms with Crippen LogP contribution in [0.15, 0.2) is 59.4 Å². The van der Waals surface area contributed by atoms with Gasteiger partial charge < -0.3 is 9.55 Å². The minimum atomic E-state index is -3.93. The number of aryl methyl sites for hydroxylation is 2. The minimum absolute atomic E-state index is 0.0732. The van der Waals surface area contributed by atoms with Gasteiger partial charge in [0.25, 0.3) is 11.5 Å². The van der Waals surface area contributed by atoms with Gasteiger partial charge in [-0.25, -0.2) is 13.1 Å². The monoisotopic (exact) mass is 511 g/mol. The van der Waals surface area contributed by atoms with Crippen molar-refractivity contribution in [3.63, 3.8) is 0 Å². The van der Waals surface area contributed by atoms with E-state index in [2.05, 4.69) is 9.71 Å². The molecule has 9 heteroatoms. The highest BCUT2D eigenvalue weighted by Gasteiger charge is 2.29. The number of aromatic amines is 1. The van der Waals surface area contributed by atoms with Crippen molar-refractivity contribution >= 4 is 38.4 Å². The summed E-state index contributed by atoms with van der Waals surface area (Å²) in [6, 6.07) is 16.3. The van der Waals surface area contributed by atoms with Crippen LogP contribution in [0.2, 0.25) is 5.02 Å². The fourth-order valence-electron chi connectivity index (χ4n) is 4.00. The van der Waals surface area contributed by atoms with Gasteiger partial charge in [-0.1, -0.05) is 41.4 Å². The summed E-state index contributed by atoms with van der Waals surface area (Å²) in [7, 11) is -3.93. The van der Waals surface area contributed by atoms with E-state index in [4.69, 9.17) is 11.6 Å². The van der Waals surface area contributed by atoms with Gasteiger partial charge in [-0.05, 0) is 63.6 Å². The molecule has 2 N–H and O–H groups in total. The van der Waals surface area contributed by atoms with E-state index in [-0.39, 0.29) is 23.4 Å². The smallest absolute Gasteiger partial charge is 0.282 e. The zero-order chi connectivity index (χ0) is 25.5. The second kappa shape index (κ2) is 9.36. The van der Waals surface area contributed by atoms with Crippen LogP contribution in [-0.2, 0) is 16.6 Å². The van der Waals surface area contributed by atoms with Crippen LogP contribution in [-0.4, -0.2) is 29.1 Å². The quantitative estimate of drug-likeness (QED) is 0.389. The van der Waals surface area contributed by atoms with Crippen LogP contribution in [0.4, 0.5) is 0 Å². The second-order valence-corrected chi connectivity index (χ2v) is 11.5. The number of H-pyrrole nitrogens is 1. The maximum absolute atomic E-state index is 13.6. The lowest BCUT2D eigenvalue weighted by Crippen LogP contribution is -2.37. The molecule has 0 bridgehead atoms. The molecular weight excluding hydrogens is 486 g/mol. The molecule has 0 aliphatic heterocycles. The SMILES string of the molecule is Cc1ccc2c(c1)c(-c1ccc(C)[nH]c1=O)c(C(=O)NS(=O)(=O)C(C)C)n2Cc1ccccc1Cl. The third-order valence-electron chi connectivity index (χ3n) is 5.90. The van der Waals surface area contributed by atoms with E-state index in [1.807, 2.05) is 43.3 Å². The lowest BCUT2D eigenvalue weighted by atomic mass is 10.0. The van der Waals surface area contributed by atoms with E-state index >= 15 is 0 Å². The van der Waals surface area contributed by atoms with Crippen molar-refractivity contribution in [2.24, 2.45) is 0 Å². The second-order valence-electron chi connectivity index (χ2n) is 8.83. The van der Waals surface area contributed by atoms with Gasteiger partial charge in [-0.15, -0.1) is 0 Å². The minimum Gasteiger partial charge on any atom is -0.331 e. The number of fused-ring (bicyclic) bond motifs is 1. The molecule has 0 saturated carbocycles. The van der Waals surface area contributed by atoms with Gasteiger partial charge in [-0.2, -0.15) is 0 Å². The van der Waals surface area contributed by atoms with E-state index in [1.165, 1.54) is 13.8 Å². The molecule has 2 aromatic carbocycles. The number of hydrogen-bond donors (Lipinski definition) is 2. The first-order valence-corrected chi connectivity index (χ1v) is 13.0. The Morgan fingerprint density at radius 3 is 2.46 bits per heavy atom. The van der Waals surface area contributed by atoms with Gasteiger partial charge >= 0.3 is 0 Å². The van der Waals surface area contributed by atoms with E-state index in [0.29, 0.717) is 27.2 Å². The Balaban J connectivity index is 2.08. The summed E-state index contributed by atoms with van der Waals surface area (Å²) < 4.78 is 29.2. The number of carbonyl (C=O) groups excluding carboxylic acids is 1. The van der Waals surface area contributed by atoms with Crippen LogP contribution in [0, 0.1) is 13.8 Å². The standard InChI is InChI=1S/C26H26ClN3O4S/c1-15(2)35(33,34)29-26(32)24-23(19-11-10-17(4)28-25(19)31)20-13-16(3)9-12-22(20)30(24)14-18-7-5-6-8-21(18)27/h5-13,15H,14H2,1-4H3,(H,28,31)(H,29,32). The number of benzene rings is 2. The predicted molar refractivity (Wildman–Crippen MR) is 140 cm³/mol. The zero-order valence-electron chi connectivity index (χ0n) is 19.8. The molecule has 7 nitrogen and oxygen atoms in total. The first-order valence-electron chi connectivity index (χ1n) is 11.1. The summed E-state index contributed by atoms with van der Waals surface area (Å²) >= 11 is 6.43. The highest BCUT2D eigenvalue weighted by molar-refractivity contribution is 7.90. The summed E-state index contributed by atoms with van der Waals surface area (Å²) in [5.41, 5.74) is 3.37. The molecule has 0 aliphatic carbocycles. The van der Waals surface area contributed by atoms with Crippen LogP contribution < -0.4 is 10.3 Å². The van der Waals surface area contributed by atoms with Crippen molar-refractivity contribution in [2.45, 2.75) is 39.5 Å². The first kappa shape index (κ1) is 24.8. The van der Waals surface area contributed by atoms with Crippen molar-refractivity contribution in [3.05, 3.63) is 92.5 Å². The molecule has 35 heavy (non-hydrogen) atoms. The Labute approximate surface area is 208 Å². The normalized spacial score (nSPS) is 11.8. The van der Waals surface area contributed by atoms with Crippen LogP contribution in [0.3, 0.4) is 0 Å². The summed E-state index contributed by atoms with van der Waals surface area (Å²) in [5.74, 6) is -0.811. The van der Waals surface area contributed by atoms with Crippen molar-refractivity contribution < 1.29 is 13.2 Å². The van der Waals surface area contributed by atoms with Gasteiger partial charge in [0.15, 0.2) is 0 Å². The fraction of sp³-hybridized carbons (Fsp3) is 0.231. The highest BCUT2D eigenvalue weighted by atomic mass is 35.5. The Hall–Kier alpha value is -3.36. The molecule has 0 atom stereocenters. The zero-order valence-corrected chi connectivity index (χ0v) is 21.4. The molecule has 0 fully saturated rings. The molecule has 4 aromatic rings. The summed E-state index contributed by atoms with van der Waals surface area (Å²) in [6.07, 6.45) is 0. The summed E-state index contributed by atoms with van der Waals surface area (Å²) in [6.45, 7) is 6.86. The number of nitrogens with one attached hydrogen (secondary N) is 2. The molecule has 1 amide bonds. The molecule has 2 aromatic heterocycles. The lowest BCUT2D eigenvalue weighted by Gasteiger charge is -2.15. The van der Waals surface area contributed by atoms with Crippen molar-refractivity contribution in [2.75, 3.05) is 0 Å². The maximum Gasteiger partial charge on any atom is 0.282 e. The number of sulfonamides is 1. The summed E-state index contributed by atoms with van der Waals surface area (Å²) in [4.78, 5) is 29.4. The molecule has 4 rings (SSSR count). The van der Waals surface area contributed by atoms with Crippen molar-refractivity contribution in [3.8, 4) is 11.1 Å². The Kier molecular flexibility index (Phi) is 6.62. The van der Waals surface area contributed by atoms with E-state index < -0.39 is 21.2 Å². The van der Waals surface area contributed by atoms with Gasteiger partial charge in [0.1, 0.15) is 5.69 Å². The number of rotatable bonds is 6. The number of amides is 1. The molecule has 0 radical (unpaired) electrons. The highest BCUT2D eigenvalue weighted by Crippen LogP contribution is 2.35. The van der Waals surface area contributed by atoms with Gasteiger partial charge in [0.05, 0.1) is 5.25 Å². The molecule has 2 heterocycles. The molecule has 0 saturated heterocycles. The maximum atomic E-state index is 13.6. The molecule has 0 spiro atoms. The number of halogens is 1. The van der Waals surface area contributed by atoms with E-state index in [1.54, 1.807) is 29.7 Å². The predicted octanol–water partition coefficient (Wildman–Crippen LogP) is 4.78. The average molecular weight is 512 g/mol. The number of pyridine rings is 1. The average Bonchev–Trinajstić information content (AvgIpc) is 3.08. The number of aromatic nitrogens is 2. The Morgan fingerprint density at radius 1 is 1.09 bits per heavy atom. The first-order chi connectivity index (χ1) is 16.5. The third kappa shape index (κ3) is 4.76. The topological polar surface area (TPSA) is 101 Å². The van der Waals surface area contributed by atoms with Gasteiger partial charge in [0.2, 0.25) is 10.0 Å². The largest absolute Gasteiger partial charge is 0.331 e. The molecule has 182 valence electrons. The lowest BCUT2D eigenvalue weighted by molar-refractivity contribution is 0.0973. The molecule has 0 aliphatic rings. The van der Waals surface area contributed by atoms with Crippen LogP contribution >= 0.6 is 11.6 Å². The van der Waals surface area contributed by atoms with Crippen LogP contribution in [0.1, 0.15) is 41.2 Å². The molecular formula is C26H26ClN3O4S. The number of carbonyl (C=O) groups is 1. The number of nitrogens with zero attached hydrogens (tertiary/aromatic N) is 1. The Morgan fingerprint density at radius 2 is 1.80 bits per heavy atom.